The van der Waals surface area contributed by atoms with E-state index in [1.807, 2.05) is 6.07 Å². The van der Waals surface area contributed by atoms with Crippen LogP contribution in [0, 0.1) is 11.6 Å². The van der Waals surface area contributed by atoms with Gasteiger partial charge in [-0.15, -0.1) is 0 Å². The van der Waals surface area contributed by atoms with Gasteiger partial charge in [0.15, 0.2) is 5.78 Å². The lowest BCUT2D eigenvalue weighted by molar-refractivity contribution is 0.0989. The van der Waals surface area contributed by atoms with Gasteiger partial charge in [0.25, 0.3) is 0 Å². The van der Waals surface area contributed by atoms with Gasteiger partial charge < -0.3 is 0 Å². The summed E-state index contributed by atoms with van der Waals surface area (Å²) in [5.41, 5.74) is 0.689. The topological polar surface area (TPSA) is 17.1 Å². The molecule has 0 aliphatic heterocycles. The molecule has 0 saturated carbocycles. The Morgan fingerprint density at radius 2 is 1.89 bits per heavy atom. The molecule has 0 heterocycles. The van der Waals surface area contributed by atoms with Crippen LogP contribution in [0.25, 0.3) is 0 Å². The van der Waals surface area contributed by atoms with Gasteiger partial charge in [-0.25, -0.2) is 8.78 Å². The van der Waals surface area contributed by atoms with Crippen molar-refractivity contribution >= 4 is 21.7 Å². The van der Waals surface area contributed by atoms with E-state index in [1.54, 1.807) is 18.2 Å². The molecule has 2 rings (SSSR count). The van der Waals surface area contributed by atoms with Gasteiger partial charge in [-0.05, 0) is 29.8 Å². The Labute approximate surface area is 112 Å². The molecule has 2 aromatic rings. The Balaban J connectivity index is 2.22. The maximum absolute atomic E-state index is 13.4. The van der Waals surface area contributed by atoms with Gasteiger partial charge in [-0.1, -0.05) is 28.1 Å². The average Bonchev–Trinajstić information content (AvgIpc) is 2.28. The smallest absolute Gasteiger partial charge is 0.170 e. The number of Topliss-reactive ketones (excluding diaryl/α,β-unsaturated/α-hetero) is 1. The van der Waals surface area contributed by atoms with E-state index in [4.69, 9.17) is 0 Å². The third-order valence-corrected chi connectivity index (χ3v) is 2.98. The van der Waals surface area contributed by atoms with Crippen molar-refractivity contribution in [1.29, 1.82) is 0 Å². The van der Waals surface area contributed by atoms with Gasteiger partial charge in [0.05, 0.1) is 5.56 Å². The number of carbonyl (C=O) groups excluding carboxylic acids is 1. The molecule has 1 nitrogen and oxygen atoms in total. The van der Waals surface area contributed by atoms with E-state index in [0.29, 0.717) is 6.07 Å². The van der Waals surface area contributed by atoms with Crippen LogP contribution in [0.5, 0.6) is 0 Å². The predicted molar refractivity (Wildman–Crippen MR) is 68.5 cm³/mol. The number of benzene rings is 2. The molecule has 0 aliphatic rings. The molecule has 0 amide bonds. The summed E-state index contributed by atoms with van der Waals surface area (Å²) < 4.78 is 27.0. The first-order chi connectivity index (χ1) is 8.56. The summed E-state index contributed by atoms with van der Waals surface area (Å²) >= 11 is 3.30. The first-order valence-electron chi connectivity index (χ1n) is 5.29. The molecule has 0 aromatic heterocycles. The fourth-order valence-corrected chi connectivity index (χ4v) is 2.09. The van der Waals surface area contributed by atoms with Crippen molar-refractivity contribution in [3.8, 4) is 0 Å². The molecule has 0 unspecified atom stereocenters. The number of rotatable bonds is 3. The van der Waals surface area contributed by atoms with Crippen molar-refractivity contribution < 1.29 is 13.6 Å². The predicted octanol–water partition coefficient (Wildman–Crippen LogP) is 4.15. The zero-order valence-electron chi connectivity index (χ0n) is 9.29. The zero-order chi connectivity index (χ0) is 13.1. The number of hydrogen-bond acceptors (Lipinski definition) is 1. The normalized spacial score (nSPS) is 10.4. The molecular weight excluding hydrogens is 302 g/mol. The summed E-state index contributed by atoms with van der Waals surface area (Å²) in [7, 11) is 0. The van der Waals surface area contributed by atoms with Crippen LogP contribution in [0.4, 0.5) is 8.78 Å². The average molecular weight is 311 g/mol. The Kier molecular flexibility index (Phi) is 3.87. The summed E-state index contributed by atoms with van der Waals surface area (Å²) in [5.74, 6) is -1.88. The maximum Gasteiger partial charge on any atom is 0.170 e. The number of carbonyl (C=O) groups is 1. The Bertz CT molecular complexity index is 596. The molecule has 0 aliphatic carbocycles. The van der Waals surface area contributed by atoms with Crippen LogP contribution in [-0.4, -0.2) is 5.78 Å². The van der Waals surface area contributed by atoms with Crippen LogP contribution in [0.2, 0.25) is 0 Å². The molecule has 0 bridgehead atoms. The van der Waals surface area contributed by atoms with Gasteiger partial charge in [-0.3, -0.25) is 4.79 Å². The van der Waals surface area contributed by atoms with E-state index in [0.717, 1.165) is 16.1 Å². The minimum atomic E-state index is -0.824. The minimum Gasteiger partial charge on any atom is -0.294 e. The van der Waals surface area contributed by atoms with Gasteiger partial charge in [0.1, 0.15) is 11.6 Å². The zero-order valence-corrected chi connectivity index (χ0v) is 10.9. The van der Waals surface area contributed by atoms with Crippen LogP contribution in [0.1, 0.15) is 15.9 Å². The standard InChI is InChI=1S/C14H9BrF2O/c15-10-3-1-2-9(6-10)7-14(18)12-5-4-11(16)8-13(12)17/h1-6,8H,7H2. The highest BCUT2D eigenvalue weighted by Gasteiger charge is 2.13. The fraction of sp³-hybridized carbons (Fsp3) is 0.0714. The molecule has 0 spiro atoms. The molecule has 2 aromatic carbocycles. The lowest BCUT2D eigenvalue weighted by atomic mass is 10.0. The highest BCUT2D eigenvalue weighted by molar-refractivity contribution is 9.10. The van der Waals surface area contributed by atoms with E-state index in [9.17, 15) is 13.6 Å². The lowest BCUT2D eigenvalue weighted by Gasteiger charge is -2.03. The SMILES string of the molecule is O=C(Cc1cccc(Br)c1)c1ccc(F)cc1F. The van der Waals surface area contributed by atoms with Crippen molar-refractivity contribution in [3.63, 3.8) is 0 Å². The van der Waals surface area contributed by atoms with E-state index in [1.165, 1.54) is 6.07 Å². The quantitative estimate of drug-likeness (QED) is 0.778. The Hall–Kier alpha value is -1.55. The van der Waals surface area contributed by atoms with Crippen molar-refractivity contribution in [2.24, 2.45) is 0 Å². The largest absolute Gasteiger partial charge is 0.294 e. The van der Waals surface area contributed by atoms with Crippen molar-refractivity contribution in [2.75, 3.05) is 0 Å². The van der Waals surface area contributed by atoms with Crippen molar-refractivity contribution in [2.45, 2.75) is 6.42 Å². The highest BCUT2D eigenvalue weighted by Crippen LogP contribution is 2.16. The summed E-state index contributed by atoms with van der Waals surface area (Å²) in [4.78, 5) is 11.9. The molecule has 0 fully saturated rings. The van der Waals surface area contributed by atoms with Crippen molar-refractivity contribution in [1.82, 2.24) is 0 Å². The fourth-order valence-electron chi connectivity index (χ4n) is 1.64. The third-order valence-electron chi connectivity index (χ3n) is 2.49. The second kappa shape index (κ2) is 5.40. The lowest BCUT2D eigenvalue weighted by Crippen LogP contribution is -2.06. The third kappa shape index (κ3) is 3.01. The van der Waals surface area contributed by atoms with Crippen LogP contribution >= 0.6 is 15.9 Å². The summed E-state index contributed by atoms with van der Waals surface area (Å²) in [6.07, 6.45) is 0.0853. The van der Waals surface area contributed by atoms with Crippen LogP contribution in [-0.2, 0) is 6.42 Å². The molecule has 4 heteroatoms. The van der Waals surface area contributed by atoms with Crippen LogP contribution in [0.15, 0.2) is 46.9 Å². The first kappa shape index (κ1) is 12.9. The second-order valence-corrected chi connectivity index (χ2v) is 4.77. The van der Waals surface area contributed by atoms with Gasteiger partial charge in [-0.2, -0.15) is 0 Å². The minimum absolute atomic E-state index is 0.0853. The molecular formula is C14H9BrF2O. The molecule has 0 atom stereocenters. The molecule has 18 heavy (non-hydrogen) atoms. The van der Waals surface area contributed by atoms with Crippen LogP contribution < -0.4 is 0 Å². The summed E-state index contributed by atoms with van der Waals surface area (Å²) in [6.45, 7) is 0. The monoisotopic (exact) mass is 310 g/mol. The number of halogens is 3. The molecule has 0 radical (unpaired) electrons. The van der Waals surface area contributed by atoms with E-state index in [2.05, 4.69) is 15.9 Å². The molecule has 0 saturated heterocycles. The van der Waals surface area contributed by atoms with Gasteiger partial charge in [0.2, 0.25) is 0 Å². The Morgan fingerprint density at radius 3 is 2.56 bits per heavy atom. The molecule has 92 valence electrons. The number of ketones is 1. The van der Waals surface area contributed by atoms with Gasteiger partial charge >= 0.3 is 0 Å². The highest BCUT2D eigenvalue weighted by atomic mass is 79.9. The first-order valence-corrected chi connectivity index (χ1v) is 6.08. The van der Waals surface area contributed by atoms with Gasteiger partial charge in [0, 0.05) is 17.0 Å². The molecule has 0 N–H and O–H groups in total. The summed E-state index contributed by atoms with van der Waals surface area (Å²) in [5, 5.41) is 0. The second-order valence-electron chi connectivity index (χ2n) is 3.85. The van der Waals surface area contributed by atoms with E-state index in [-0.39, 0.29) is 17.8 Å². The van der Waals surface area contributed by atoms with Crippen LogP contribution in [0.3, 0.4) is 0 Å². The van der Waals surface area contributed by atoms with Crippen molar-refractivity contribution in [3.05, 3.63) is 69.7 Å². The number of hydrogen-bond donors (Lipinski definition) is 0. The van der Waals surface area contributed by atoms with E-state index < -0.39 is 11.6 Å². The van der Waals surface area contributed by atoms with E-state index >= 15 is 0 Å². The Morgan fingerprint density at radius 1 is 1.11 bits per heavy atom. The maximum atomic E-state index is 13.4. The summed E-state index contributed by atoms with van der Waals surface area (Å²) in [6, 6.07) is 10.2.